The maximum Gasteiger partial charge on any atom is 0.327 e. The number of amides is 1. The van der Waals surface area contributed by atoms with Gasteiger partial charge in [-0.3, -0.25) is 4.79 Å². The number of aliphatic carboxylic acids is 1. The molecule has 1 fully saturated rings. The van der Waals surface area contributed by atoms with Gasteiger partial charge in [-0.1, -0.05) is 36.2 Å². The smallest absolute Gasteiger partial charge is 0.327 e. The topological polar surface area (TPSA) is 66.4 Å². The number of nitrogens with one attached hydrogen (secondary N) is 1. The van der Waals surface area contributed by atoms with Crippen molar-refractivity contribution in [3.8, 4) is 0 Å². The molecule has 0 aromatic heterocycles. The van der Waals surface area contributed by atoms with Gasteiger partial charge in [0.2, 0.25) is 5.91 Å². The van der Waals surface area contributed by atoms with Crippen LogP contribution in [0.5, 0.6) is 0 Å². The lowest BCUT2D eigenvalue weighted by atomic mass is 9.75. The Balaban J connectivity index is 2.52. The van der Waals surface area contributed by atoms with Crippen LogP contribution < -0.4 is 5.32 Å². The minimum atomic E-state index is -0.984. The molecule has 1 saturated heterocycles. The summed E-state index contributed by atoms with van der Waals surface area (Å²) >= 11 is 0. The molecule has 1 amide bonds. The van der Waals surface area contributed by atoms with Gasteiger partial charge in [0.05, 0.1) is 0 Å². The number of carboxylic acids is 1. The first-order valence-corrected chi connectivity index (χ1v) is 5.94. The van der Waals surface area contributed by atoms with Crippen molar-refractivity contribution in [2.75, 3.05) is 0 Å². The fraction of sp³-hybridized carbons (Fsp3) is 0.429. The van der Waals surface area contributed by atoms with Crippen LogP contribution in [-0.4, -0.2) is 23.0 Å². The molecule has 0 bridgehead atoms. The highest BCUT2D eigenvalue weighted by atomic mass is 16.4. The van der Waals surface area contributed by atoms with E-state index in [1.807, 2.05) is 39.0 Å². The van der Waals surface area contributed by atoms with E-state index in [0.29, 0.717) is 0 Å². The van der Waals surface area contributed by atoms with Crippen LogP contribution in [0.3, 0.4) is 0 Å². The Morgan fingerprint density at radius 2 is 1.89 bits per heavy atom. The highest BCUT2D eigenvalue weighted by molar-refractivity contribution is 5.90. The Kier molecular flexibility index (Phi) is 2.89. The van der Waals surface area contributed by atoms with Crippen LogP contribution in [0, 0.1) is 13.8 Å². The van der Waals surface area contributed by atoms with Gasteiger partial charge in [0.1, 0.15) is 6.04 Å². The standard InChI is InChI=1S/C14H17NO3/c1-8-4-9(2)6-10(5-8)14(3)7-11(16)15-12(14)13(17)18/h4-6,12H,7H2,1-3H3,(H,15,16)(H,17,18). The number of carboxylic acid groups (broad SMARTS) is 1. The molecule has 1 aliphatic heterocycles. The predicted molar refractivity (Wildman–Crippen MR) is 67.5 cm³/mol. The molecule has 18 heavy (non-hydrogen) atoms. The molecule has 96 valence electrons. The fourth-order valence-electron chi connectivity index (χ4n) is 2.71. The average molecular weight is 247 g/mol. The van der Waals surface area contributed by atoms with Crippen LogP contribution >= 0.6 is 0 Å². The summed E-state index contributed by atoms with van der Waals surface area (Å²) in [5.41, 5.74) is 2.38. The second-order valence-corrected chi connectivity index (χ2v) is 5.31. The van der Waals surface area contributed by atoms with Gasteiger partial charge in [0.25, 0.3) is 0 Å². The van der Waals surface area contributed by atoms with Crippen LogP contribution in [-0.2, 0) is 15.0 Å². The molecule has 2 atom stereocenters. The first-order chi connectivity index (χ1) is 8.33. The highest BCUT2D eigenvalue weighted by Crippen LogP contribution is 2.36. The van der Waals surface area contributed by atoms with Gasteiger partial charge in [-0.05, 0) is 19.4 Å². The molecule has 1 heterocycles. The van der Waals surface area contributed by atoms with Crippen molar-refractivity contribution in [1.29, 1.82) is 0 Å². The quantitative estimate of drug-likeness (QED) is 0.833. The van der Waals surface area contributed by atoms with Crippen LogP contribution in [0.2, 0.25) is 0 Å². The molecule has 1 aliphatic rings. The Morgan fingerprint density at radius 3 is 2.39 bits per heavy atom. The summed E-state index contributed by atoms with van der Waals surface area (Å²) in [4.78, 5) is 22.8. The molecule has 2 N–H and O–H groups in total. The van der Waals surface area contributed by atoms with E-state index < -0.39 is 17.4 Å². The van der Waals surface area contributed by atoms with Crippen molar-refractivity contribution in [1.82, 2.24) is 5.32 Å². The highest BCUT2D eigenvalue weighted by Gasteiger charge is 2.48. The summed E-state index contributed by atoms with van der Waals surface area (Å²) in [5, 5.41) is 11.8. The van der Waals surface area contributed by atoms with E-state index >= 15 is 0 Å². The minimum Gasteiger partial charge on any atom is -0.480 e. The van der Waals surface area contributed by atoms with Crippen LogP contribution in [0.15, 0.2) is 18.2 Å². The summed E-state index contributed by atoms with van der Waals surface area (Å²) < 4.78 is 0. The van der Waals surface area contributed by atoms with E-state index in [9.17, 15) is 14.7 Å². The van der Waals surface area contributed by atoms with E-state index in [1.165, 1.54) is 0 Å². The number of rotatable bonds is 2. The first-order valence-electron chi connectivity index (χ1n) is 5.94. The second kappa shape index (κ2) is 4.12. The molecule has 4 nitrogen and oxygen atoms in total. The van der Waals surface area contributed by atoms with Gasteiger partial charge in [0, 0.05) is 11.8 Å². The monoisotopic (exact) mass is 247 g/mol. The molecule has 1 aromatic carbocycles. The van der Waals surface area contributed by atoms with Gasteiger partial charge < -0.3 is 10.4 Å². The summed E-state index contributed by atoms with van der Waals surface area (Å²) in [6.07, 6.45) is 0.215. The lowest BCUT2D eigenvalue weighted by molar-refractivity contribution is -0.141. The number of hydrogen-bond donors (Lipinski definition) is 2. The maximum absolute atomic E-state index is 11.5. The molecule has 1 aromatic rings. The number of hydrogen-bond acceptors (Lipinski definition) is 2. The predicted octanol–water partition coefficient (Wildman–Crippen LogP) is 1.53. The molecule has 0 spiro atoms. The maximum atomic E-state index is 11.5. The molecule has 4 heteroatoms. The molecule has 0 radical (unpaired) electrons. The fourth-order valence-corrected chi connectivity index (χ4v) is 2.71. The average Bonchev–Trinajstić information content (AvgIpc) is 2.54. The second-order valence-electron chi connectivity index (χ2n) is 5.31. The number of benzene rings is 1. The van der Waals surface area contributed by atoms with Crippen LogP contribution in [0.1, 0.15) is 30.0 Å². The SMILES string of the molecule is Cc1cc(C)cc(C2(C)CC(=O)NC2C(=O)O)c1. The number of aryl methyl sites for hydroxylation is 2. The van der Waals surface area contributed by atoms with Gasteiger partial charge in [0.15, 0.2) is 0 Å². The summed E-state index contributed by atoms with van der Waals surface area (Å²) in [5.74, 6) is -1.19. The summed E-state index contributed by atoms with van der Waals surface area (Å²) in [7, 11) is 0. The van der Waals surface area contributed by atoms with Crippen molar-refractivity contribution < 1.29 is 14.7 Å². The third-order valence-corrected chi connectivity index (χ3v) is 3.60. The van der Waals surface area contributed by atoms with Crippen LogP contribution in [0.25, 0.3) is 0 Å². The van der Waals surface area contributed by atoms with Gasteiger partial charge in [-0.25, -0.2) is 4.79 Å². The molecular formula is C14H17NO3. The third kappa shape index (κ3) is 1.98. The minimum absolute atomic E-state index is 0.205. The lowest BCUT2D eigenvalue weighted by Crippen LogP contribution is -2.44. The number of carbonyl (C=O) groups excluding carboxylic acids is 1. The molecule has 2 unspecified atom stereocenters. The van der Waals surface area contributed by atoms with Gasteiger partial charge >= 0.3 is 5.97 Å². The third-order valence-electron chi connectivity index (χ3n) is 3.60. The van der Waals surface area contributed by atoms with Crippen LogP contribution in [0.4, 0.5) is 0 Å². The Labute approximate surface area is 106 Å². The van der Waals surface area contributed by atoms with Crippen molar-refractivity contribution in [3.05, 3.63) is 34.9 Å². The zero-order chi connectivity index (χ0) is 13.5. The van der Waals surface area contributed by atoms with Gasteiger partial charge in [-0.2, -0.15) is 0 Å². The molecule has 0 saturated carbocycles. The van der Waals surface area contributed by atoms with Crippen molar-refractivity contribution in [2.24, 2.45) is 0 Å². The van der Waals surface area contributed by atoms with E-state index in [2.05, 4.69) is 5.32 Å². The number of carbonyl (C=O) groups is 2. The largest absolute Gasteiger partial charge is 0.480 e. The summed E-state index contributed by atoms with van der Waals surface area (Å²) in [6.45, 7) is 5.78. The molecule has 2 rings (SSSR count). The van der Waals surface area contributed by atoms with E-state index in [4.69, 9.17) is 0 Å². The van der Waals surface area contributed by atoms with Gasteiger partial charge in [-0.15, -0.1) is 0 Å². The van der Waals surface area contributed by atoms with Crippen molar-refractivity contribution in [2.45, 2.75) is 38.6 Å². The van der Waals surface area contributed by atoms with E-state index in [1.54, 1.807) is 0 Å². The zero-order valence-electron chi connectivity index (χ0n) is 10.8. The Hall–Kier alpha value is -1.84. The first kappa shape index (κ1) is 12.6. The molecule has 0 aliphatic carbocycles. The molecular weight excluding hydrogens is 230 g/mol. The van der Waals surface area contributed by atoms with Crippen molar-refractivity contribution in [3.63, 3.8) is 0 Å². The Morgan fingerprint density at radius 1 is 1.33 bits per heavy atom. The van der Waals surface area contributed by atoms with E-state index in [0.717, 1.165) is 16.7 Å². The van der Waals surface area contributed by atoms with E-state index in [-0.39, 0.29) is 12.3 Å². The normalized spacial score (nSPS) is 27.1. The zero-order valence-corrected chi connectivity index (χ0v) is 10.8. The lowest BCUT2D eigenvalue weighted by Gasteiger charge is -2.28. The summed E-state index contributed by atoms with van der Waals surface area (Å²) in [6, 6.07) is 5.10. The van der Waals surface area contributed by atoms with Crippen molar-refractivity contribution >= 4 is 11.9 Å². The Bertz CT molecular complexity index is 504.